The van der Waals surface area contributed by atoms with Crippen LogP contribution in [0.5, 0.6) is 0 Å². The summed E-state index contributed by atoms with van der Waals surface area (Å²) in [6.07, 6.45) is 2.68. The second-order valence-corrected chi connectivity index (χ2v) is 6.24. The van der Waals surface area contributed by atoms with Crippen LogP contribution in [-0.4, -0.2) is 16.5 Å². The van der Waals surface area contributed by atoms with Crippen molar-refractivity contribution < 1.29 is 0 Å². The molecule has 4 rings (SSSR count). The third-order valence-electron chi connectivity index (χ3n) is 4.47. The second-order valence-electron chi connectivity index (χ2n) is 6.24. The highest BCUT2D eigenvalue weighted by molar-refractivity contribution is 5.70. The molecule has 4 heteroatoms. The molecule has 0 unspecified atom stereocenters. The van der Waals surface area contributed by atoms with Crippen molar-refractivity contribution in [3.8, 4) is 0 Å². The summed E-state index contributed by atoms with van der Waals surface area (Å²) in [5, 5.41) is 3.42. The molecule has 2 heterocycles. The maximum atomic E-state index is 4.48. The number of aromatic nitrogens is 2. The molecule has 4 nitrogen and oxygen atoms in total. The normalized spacial score (nSPS) is 13.0. The molecule has 1 aromatic heterocycles. The zero-order chi connectivity index (χ0) is 16.5. The van der Waals surface area contributed by atoms with Gasteiger partial charge < -0.3 is 10.2 Å². The number of benzene rings is 2. The Labute approximate surface area is 142 Å². The molecule has 0 aliphatic carbocycles. The summed E-state index contributed by atoms with van der Waals surface area (Å²) in [5.74, 6) is 1.75. The van der Waals surface area contributed by atoms with Crippen LogP contribution in [0.25, 0.3) is 0 Å². The van der Waals surface area contributed by atoms with Crippen molar-refractivity contribution in [1.82, 2.24) is 9.97 Å². The van der Waals surface area contributed by atoms with Gasteiger partial charge in [-0.25, -0.2) is 9.97 Å². The summed E-state index contributed by atoms with van der Waals surface area (Å²) in [5.41, 5.74) is 6.13. The van der Waals surface area contributed by atoms with Gasteiger partial charge in [0.25, 0.3) is 0 Å². The van der Waals surface area contributed by atoms with Gasteiger partial charge in [-0.1, -0.05) is 30.3 Å². The Morgan fingerprint density at radius 1 is 1.00 bits per heavy atom. The summed E-state index contributed by atoms with van der Waals surface area (Å²) < 4.78 is 0. The Morgan fingerprint density at radius 2 is 1.88 bits per heavy atom. The standard InChI is InChI=1S/C20H20N4/c1-14-7-8-15(2)17(11-14)23-19-12-20(22-13-21-19)24-10-9-16-5-3-4-6-18(16)24/h3-8,11-13H,9-10H2,1-2H3,(H,21,22,23). The number of nitrogens with zero attached hydrogens (tertiary/aromatic N) is 3. The summed E-state index contributed by atoms with van der Waals surface area (Å²) in [6, 6.07) is 16.9. The molecule has 0 spiro atoms. The van der Waals surface area contributed by atoms with E-state index in [2.05, 4.69) is 76.5 Å². The van der Waals surface area contributed by atoms with Crippen molar-refractivity contribution in [2.75, 3.05) is 16.8 Å². The van der Waals surface area contributed by atoms with Crippen molar-refractivity contribution in [2.45, 2.75) is 20.3 Å². The van der Waals surface area contributed by atoms with Crippen LogP contribution in [0.4, 0.5) is 23.0 Å². The first-order valence-corrected chi connectivity index (χ1v) is 8.22. The summed E-state index contributed by atoms with van der Waals surface area (Å²) >= 11 is 0. The molecule has 0 saturated carbocycles. The van der Waals surface area contributed by atoms with Crippen molar-refractivity contribution in [3.63, 3.8) is 0 Å². The van der Waals surface area contributed by atoms with E-state index in [-0.39, 0.29) is 0 Å². The Balaban J connectivity index is 1.64. The average Bonchev–Trinajstić information content (AvgIpc) is 3.03. The largest absolute Gasteiger partial charge is 0.340 e. The number of hydrogen-bond donors (Lipinski definition) is 1. The molecular formula is C20H20N4. The molecule has 0 amide bonds. The highest BCUT2D eigenvalue weighted by Gasteiger charge is 2.21. The zero-order valence-electron chi connectivity index (χ0n) is 14.0. The second kappa shape index (κ2) is 5.96. The van der Waals surface area contributed by atoms with E-state index >= 15 is 0 Å². The number of aryl methyl sites for hydroxylation is 2. The fourth-order valence-electron chi connectivity index (χ4n) is 3.15. The van der Waals surface area contributed by atoms with Gasteiger partial charge in [-0.05, 0) is 49.1 Å². The maximum absolute atomic E-state index is 4.48. The van der Waals surface area contributed by atoms with Crippen LogP contribution in [-0.2, 0) is 6.42 Å². The number of rotatable bonds is 3. The van der Waals surface area contributed by atoms with Gasteiger partial charge in [-0.15, -0.1) is 0 Å². The van der Waals surface area contributed by atoms with Crippen molar-refractivity contribution in [1.29, 1.82) is 0 Å². The van der Waals surface area contributed by atoms with Crippen LogP contribution in [0.3, 0.4) is 0 Å². The highest BCUT2D eigenvalue weighted by atomic mass is 15.2. The van der Waals surface area contributed by atoms with E-state index in [9.17, 15) is 0 Å². The molecule has 3 aromatic rings. The molecule has 1 N–H and O–H groups in total. The van der Waals surface area contributed by atoms with E-state index in [1.807, 2.05) is 6.07 Å². The molecule has 0 radical (unpaired) electrons. The van der Waals surface area contributed by atoms with Gasteiger partial charge in [0, 0.05) is 24.0 Å². The van der Waals surface area contributed by atoms with Gasteiger partial charge in [0.05, 0.1) is 0 Å². The topological polar surface area (TPSA) is 41.0 Å². The number of anilines is 4. The van der Waals surface area contributed by atoms with Crippen molar-refractivity contribution in [2.24, 2.45) is 0 Å². The molecular weight excluding hydrogens is 296 g/mol. The van der Waals surface area contributed by atoms with Gasteiger partial charge in [-0.2, -0.15) is 0 Å². The Hall–Kier alpha value is -2.88. The number of para-hydroxylation sites is 1. The molecule has 1 aliphatic rings. The fourth-order valence-corrected chi connectivity index (χ4v) is 3.15. The molecule has 24 heavy (non-hydrogen) atoms. The van der Waals surface area contributed by atoms with E-state index in [1.165, 1.54) is 22.4 Å². The lowest BCUT2D eigenvalue weighted by atomic mass is 10.1. The molecule has 120 valence electrons. The van der Waals surface area contributed by atoms with E-state index in [0.717, 1.165) is 30.3 Å². The minimum absolute atomic E-state index is 0.818. The van der Waals surface area contributed by atoms with Gasteiger partial charge in [0.2, 0.25) is 0 Å². The summed E-state index contributed by atoms with van der Waals surface area (Å²) in [6.45, 7) is 5.15. The maximum Gasteiger partial charge on any atom is 0.138 e. The third kappa shape index (κ3) is 2.71. The molecule has 0 saturated heterocycles. The van der Waals surface area contributed by atoms with E-state index in [1.54, 1.807) is 6.33 Å². The lowest BCUT2D eigenvalue weighted by Gasteiger charge is -2.19. The van der Waals surface area contributed by atoms with Gasteiger partial charge in [-0.3, -0.25) is 0 Å². The molecule has 0 fully saturated rings. The van der Waals surface area contributed by atoms with Gasteiger partial charge >= 0.3 is 0 Å². The molecule has 1 aliphatic heterocycles. The summed E-state index contributed by atoms with van der Waals surface area (Å²) in [4.78, 5) is 11.1. The SMILES string of the molecule is Cc1ccc(C)c(Nc2cc(N3CCc4ccccc43)ncn2)c1. The first-order valence-electron chi connectivity index (χ1n) is 8.22. The summed E-state index contributed by atoms with van der Waals surface area (Å²) in [7, 11) is 0. The number of nitrogens with one attached hydrogen (secondary N) is 1. The predicted molar refractivity (Wildman–Crippen MR) is 98.4 cm³/mol. The van der Waals surface area contributed by atoms with Crippen LogP contribution in [0, 0.1) is 13.8 Å². The van der Waals surface area contributed by atoms with Crippen LogP contribution in [0.1, 0.15) is 16.7 Å². The Bertz CT molecular complexity index is 888. The predicted octanol–water partition coefficient (Wildman–Crippen LogP) is 4.53. The number of hydrogen-bond acceptors (Lipinski definition) is 4. The van der Waals surface area contributed by atoms with E-state index < -0.39 is 0 Å². The first kappa shape index (κ1) is 14.7. The van der Waals surface area contributed by atoms with Crippen LogP contribution in [0.2, 0.25) is 0 Å². The Morgan fingerprint density at radius 3 is 2.79 bits per heavy atom. The quantitative estimate of drug-likeness (QED) is 0.770. The average molecular weight is 316 g/mol. The van der Waals surface area contributed by atoms with Crippen molar-refractivity contribution in [3.05, 3.63) is 71.5 Å². The lowest BCUT2D eigenvalue weighted by Crippen LogP contribution is -2.15. The molecule has 0 atom stereocenters. The third-order valence-corrected chi connectivity index (χ3v) is 4.47. The zero-order valence-corrected chi connectivity index (χ0v) is 14.0. The highest BCUT2D eigenvalue weighted by Crippen LogP contribution is 2.34. The van der Waals surface area contributed by atoms with E-state index in [4.69, 9.17) is 0 Å². The number of fused-ring (bicyclic) bond motifs is 1. The molecule has 2 aromatic carbocycles. The first-order chi connectivity index (χ1) is 11.7. The fraction of sp³-hybridized carbons (Fsp3) is 0.200. The molecule has 0 bridgehead atoms. The van der Waals surface area contributed by atoms with Crippen LogP contribution < -0.4 is 10.2 Å². The smallest absolute Gasteiger partial charge is 0.138 e. The van der Waals surface area contributed by atoms with Gasteiger partial charge in [0.1, 0.15) is 18.0 Å². The van der Waals surface area contributed by atoms with E-state index in [0.29, 0.717) is 0 Å². The lowest BCUT2D eigenvalue weighted by molar-refractivity contribution is 0.965. The van der Waals surface area contributed by atoms with Crippen LogP contribution in [0.15, 0.2) is 54.9 Å². The van der Waals surface area contributed by atoms with Gasteiger partial charge in [0.15, 0.2) is 0 Å². The minimum Gasteiger partial charge on any atom is -0.340 e. The monoisotopic (exact) mass is 316 g/mol. The van der Waals surface area contributed by atoms with Crippen LogP contribution >= 0.6 is 0 Å². The van der Waals surface area contributed by atoms with Crippen molar-refractivity contribution >= 4 is 23.0 Å². The minimum atomic E-state index is 0.818. The Kier molecular flexibility index (Phi) is 3.65.